The summed E-state index contributed by atoms with van der Waals surface area (Å²) in [5, 5.41) is 8.91. The fraction of sp³-hybridized carbons (Fsp3) is 0.773. The van der Waals surface area contributed by atoms with Gasteiger partial charge in [0, 0.05) is 18.9 Å². The number of aromatic nitrogens is 1. The highest BCUT2D eigenvalue weighted by molar-refractivity contribution is 5.87. The summed E-state index contributed by atoms with van der Waals surface area (Å²) in [6.07, 6.45) is 18.2. The first-order valence-corrected chi connectivity index (χ1v) is 10.4. The average Bonchev–Trinajstić information content (AvgIpc) is 2.96. The second-order valence-corrected chi connectivity index (χ2v) is 8.41. The van der Waals surface area contributed by atoms with Crippen LogP contribution in [0.4, 0.5) is 4.39 Å². The van der Waals surface area contributed by atoms with Gasteiger partial charge in [-0.25, -0.2) is 9.18 Å². The molecule has 0 unspecified atom stereocenters. The molecule has 0 amide bonds. The van der Waals surface area contributed by atoms with Crippen LogP contribution in [0, 0.1) is 11.2 Å². The average molecular weight is 368 g/mol. The molecule has 0 aliphatic carbocycles. The molecule has 150 valence electrons. The van der Waals surface area contributed by atoms with Crippen LogP contribution in [0.3, 0.4) is 0 Å². The molecule has 0 aliphatic heterocycles. The van der Waals surface area contributed by atoms with Crippen LogP contribution >= 0.6 is 0 Å². The van der Waals surface area contributed by atoms with E-state index in [4.69, 9.17) is 5.11 Å². The molecule has 1 rings (SSSR count). The summed E-state index contributed by atoms with van der Waals surface area (Å²) in [5.74, 6) is -1.85. The second kappa shape index (κ2) is 12.1. The highest BCUT2D eigenvalue weighted by Crippen LogP contribution is 2.29. The molecule has 26 heavy (non-hydrogen) atoms. The van der Waals surface area contributed by atoms with Crippen molar-refractivity contribution in [2.24, 2.45) is 5.41 Å². The van der Waals surface area contributed by atoms with Gasteiger partial charge in [0.2, 0.25) is 0 Å². The number of unbranched alkanes of at least 4 members (excludes halogenated alkanes) is 9. The first kappa shape index (κ1) is 22.7. The fourth-order valence-electron chi connectivity index (χ4n) is 3.41. The van der Waals surface area contributed by atoms with E-state index < -0.39 is 11.8 Å². The molecule has 0 radical (unpaired) electrons. The lowest BCUT2D eigenvalue weighted by molar-refractivity contribution is 0.0692. The van der Waals surface area contributed by atoms with Crippen LogP contribution in [0.5, 0.6) is 0 Å². The standard InChI is InChI=1S/C22H38FNO2/c1-4-5-6-7-8-9-10-11-12-13-14-22(2,3)15-16-24-17-19(21(25)26)20(23)18-24/h17-18H,4-16H2,1-3H3,(H,25,26). The highest BCUT2D eigenvalue weighted by Gasteiger charge is 2.19. The Balaban J connectivity index is 2.12. The lowest BCUT2D eigenvalue weighted by atomic mass is 9.83. The summed E-state index contributed by atoms with van der Waals surface area (Å²) in [6.45, 7) is 7.41. The van der Waals surface area contributed by atoms with E-state index in [0.29, 0.717) is 6.54 Å². The van der Waals surface area contributed by atoms with E-state index in [2.05, 4.69) is 20.8 Å². The minimum Gasteiger partial charge on any atom is -0.478 e. The zero-order chi connectivity index (χ0) is 19.4. The van der Waals surface area contributed by atoms with Crippen molar-refractivity contribution < 1.29 is 14.3 Å². The number of carboxylic acids is 1. The number of carbonyl (C=O) groups is 1. The quantitative estimate of drug-likeness (QED) is 0.337. The van der Waals surface area contributed by atoms with Gasteiger partial charge in [-0.1, -0.05) is 85.0 Å². The second-order valence-electron chi connectivity index (χ2n) is 8.41. The van der Waals surface area contributed by atoms with Gasteiger partial charge in [0.05, 0.1) is 0 Å². The molecule has 0 atom stereocenters. The number of nitrogens with zero attached hydrogens (tertiary/aromatic N) is 1. The van der Waals surface area contributed by atoms with Gasteiger partial charge in [-0.3, -0.25) is 0 Å². The maximum atomic E-state index is 13.5. The summed E-state index contributed by atoms with van der Waals surface area (Å²) in [6, 6.07) is 0. The van der Waals surface area contributed by atoms with Gasteiger partial charge in [-0.15, -0.1) is 0 Å². The topological polar surface area (TPSA) is 42.2 Å². The van der Waals surface area contributed by atoms with Crippen molar-refractivity contribution in [1.29, 1.82) is 0 Å². The van der Waals surface area contributed by atoms with E-state index >= 15 is 0 Å². The Hall–Kier alpha value is -1.32. The Morgan fingerprint density at radius 2 is 1.50 bits per heavy atom. The van der Waals surface area contributed by atoms with Gasteiger partial charge < -0.3 is 9.67 Å². The van der Waals surface area contributed by atoms with Crippen molar-refractivity contribution in [1.82, 2.24) is 4.57 Å². The van der Waals surface area contributed by atoms with Crippen LogP contribution in [0.15, 0.2) is 12.4 Å². The van der Waals surface area contributed by atoms with Gasteiger partial charge in [0.1, 0.15) is 5.56 Å². The van der Waals surface area contributed by atoms with Crippen molar-refractivity contribution in [3.63, 3.8) is 0 Å². The third-order valence-corrected chi connectivity index (χ3v) is 5.32. The minimum absolute atomic E-state index is 0.199. The maximum Gasteiger partial charge on any atom is 0.340 e. The normalized spacial score (nSPS) is 11.8. The number of halogens is 1. The van der Waals surface area contributed by atoms with Crippen molar-refractivity contribution in [2.75, 3.05) is 0 Å². The highest BCUT2D eigenvalue weighted by atomic mass is 19.1. The summed E-state index contributed by atoms with van der Waals surface area (Å²) in [5.41, 5.74) is -0.0397. The largest absolute Gasteiger partial charge is 0.478 e. The molecule has 0 aromatic carbocycles. The molecule has 3 nitrogen and oxygen atoms in total. The first-order valence-electron chi connectivity index (χ1n) is 10.4. The number of rotatable bonds is 15. The molecule has 1 heterocycles. The minimum atomic E-state index is -1.20. The Labute approximate surface area is 159 Å². The van der Waals surface area contributed by atoms with Gasteiger partial charge in [0.15, 0.2) is 5.82 Å². The van der Waals surface area contributed by atoms with Crippen molar-refractivity contribution >= 4 is 5.97 Å². The summed E-state index contributed by atoms with van der Waals surface area (Å²) in [7, 11) is 0. The van der Waals surface area contributed by atoms with Crippen LogP contribution in [0.25, 0.3) is 0 Å². The predicted octanol–water partition coefficient (Wildman–Crippen LogP) is 7.05. The van der Waals surface area contributed by atoms with E-state index in [1.807, 2.05) is 0 Å². The molecule has 0 spiro atoms. The molecule has 0 bridgehead atoms. The predicted molar refractivity (Wildman–Crippen MR) is 106 cm³/mol. The fourth-order valence-corrected chi connectivity index (χ4v) is 3.41. The van der Waals surface area contributed by atoms with Gasteiger partial charge in [-0.2, -0.15) is 0 Å². The van der Waals surface area contributed by atoms with Crippen LogP contribution in [0.1, 0.15) is 108 Å². The molecule has 0 aliphatic rings. The zero-order valence-corrected chi connectivity index (χ0v) is 17.0. The molecule has 1 N–H and O–H groups in total. The lowest BCUT2D eigenvalue weighted by Gasteiger charge is -2.24. The molecule has 1 aromatic heterocycles. The van der Waals surface area contributed by atoms with E-state index in [0.717, 1.165) is 6.42 Å². The van der Waals surface area contributed by atoms with Crippen molar-refractivity contribution in [3.8, 4) is 0 Å². The Morgan fingerprint density at radius 1 is 0.962 bits per heavy atom. The first-order chi connectivity index (χ1) is 12.4. The van der Waals surface area contributed by atoms with Crippen LogP contribution in [0.2, 0.25) is 0 Å². The number of aryl methyl sites for hydroxylation is 1. The molecular weight excluding hydrogens is 329 g/mol. The summed E-state index contributed by atoms with van der Waals surface area (Å²) in [4.78, 5) is 10.9. The Bertz CT molecular complexity index is 522. The Morgan fingerprint density at radius 3 is 2.00 bits per heavy atom. The molecule has 0 saturated carbocycles. The number of hydrogen-bond acceptors (Lipinski definition) is 1. The zero-order valence-electron chi connectivity index (χ0n) is 17.0. The van der Waals surface area contributed by atoms with Gasteiger partial charge >= 0.3 is 5.97 Å². The van der Waals surface area contributed by atoms with E-state index in [1.165, 1.54) is 83.0 Å². The molecule has 4 heteroatoms. The van der Waals surface area contributed by atoms with E-state index in [-0.39, 0.29) is 11.0 Å². The van der Waals surface area contributed by atoms with E-state index in [9.17, 15) is 9.18 Å². The third kappa shape index (κ3) is 9.40. The van der Waals surface area contributed by atoms with Crippen LogP contribution in [-0.2, 0) is 6.54 Å². The third-order valence-electron chi connectivity index (χ3n) is 5.32. The maximum absolute atomic E-state index is 13.5. The van der Waals surface area contributed by atoms with Gasteiger partial charge in [0.25, 0.3) is 0 Å². The lowest BCUT2D eigenvalue weighted by Crippen LogP contribution is -2.14. The summed E-state index contributed by atoms with van der Waals surface area (Å²) < 4.78 is 15.2. The smallest absolute Gasteiger partial charge is 0.340 e. The molecular formula is C22H38FNO2. The summed E-state index contributed by atoms with van der Waals surface area (Å²) >= 11 is 0. The number of carboxylic acid groups (broad SMARTS) is 1. The van der Waals surface area contributed by atoms with Crippen molar-refractivity contribution in [2.45, 2.75) is 104 Å². The number of hydrogen-bond donors (Lipinski definition) is 1. The number of aromatic carboxylic acids is 1. The Kier molecular flexibility index (Phi) is 10.6. The molecule has 0 fully saturated rings. The van der Waals surface area contributed by atoms with Gasteiger partial charge in [-0.05, 0) is 18.3 Å². The van der Waals surface area contributed by atoms with Crippen LogP contribution in [-0.4, -0.2) is 15.6 Å². The SMILES string of the molecule is CCCCCCCCCCCCC(C)(C)CCn1cc(F)c(C(=O)O)c1. The van der Waals surface area contributed by atoms with Crippen molar-refractivity contribution in [3.05, 3.63) is 23.8 Å². The molecule has 0 saturated heterocycles. The van der Waals surface area contributed by atoms with E-state index in [1.54, 1.807) is 4.57 Å². The monoisotopic (exact) mass is 367 g/mol. The van der Waals surface area contributed by atoms with Crippen LogP contribution < -0.4 is 0 Å². The molecule has 1 aromatic rings.